The van der Waals surface area contributed by atoms with E-state index in [1.165, 1.54) is 12.7 Å². The maximum absolute atomic E-state index is 12.7. The van der Waals surface area contributed by atoms with Crippen LogP contribution >= 0.6 is 0 Å². The molecule has 1 atom stereocenters. The van der Waals surface area contributed by atoms with Crippen LogP contribution in [0.1, 0.15) is 52.5 Å². The highest BCUT2D eigenvalue weighted by Gasteiger charge is 2.23. The number of amides is 1. The molecule has 1 aliphatic heterocycles. The summed E-state index contributed by atoms with van der Waals surface area (Å²) in [5.74, 6) is 5.42. The number of nitrogens with one attached hydrogen (secondary N) is 1. The molecule has 192 valence electrons. The van der Waals surface area contributed by atoms with Crippen LogP contribution < -0.4 is 5.32 Å². The van der Waals surface area contributed by atoms with E-state index in [0.29, 0.717) is 11.1 Å². The largest absolute Gasteiger partial charge is 0.467 e. The third-order valence-electron chi connectivity index (χ3n) is 5.81. The molecule has 0 radical (unpaired) electrons. The molecule has 4 rings (SSSR count). The van der Waals surface area contributed by atoms with Crippen molar-refractivity contribution < 1.29 is 19.1 Å². The number of hydrogen-bond donors (Lipinski definition) is 1. The average molecular weight is 499 g/mol. The third kappa shape index (κ3) is 8.32. The molecule has 1 amide bonds. The van der Waals surface area contributed by atoms with Crippen molar-refractivity contribution in [2.75, 3.05) is 33.4 Å². The lowest BCUT2D eigenvalue weighted by atomic mass is 10.1. The van der Waals surface area contributed by atoms with Crippen molar-refractivity contribution in [3.8, 4) is 11.8 Å². The minimum atomic E-state index is -0.876. The molecule has 1 heterocycles. The van der Waals surface area contributed by atoms with Gasteiger partial charge in [-0.05, 0) is 47.5 Å². The van der Waals surface area contributed by atoms with Gasteiger partial charge in [0.05, 0.1) is 20.3 Å². The molecule has 0 saturated carbocycles. The van der Waals surface area contributed by atoms with Gasteiger partial charge in [-0.15, -0.1) is 0 Å². The lowest BCUT2D eigenvalue weighted by molar-refractivity contribution is -0.143. The zero-order valence-corrected chi connectivity index (χ0v) is 21.7. The van der Waals surface area contributed by atoms with Gasteiger partial charge in [-0.3, -0.25) is 9.69 Å². The molecule has 6 heteroatoms. The Bertz CT molecular complexity index is 1190. The molecule has 1 unspecified atom stereocenters. The summed E-state index contributed by atoms with van der Waals surface area (Å²) in [5, 5.41) is 2.75. The molecule has 1 aliphatic rings. The lowest BCUT2D eigenvalue weighted by Gasteiger charge is -2.26. The van der Waals surface area contributed by atoms with Crippen LogP contribution in [0.25, 0.3) is 0 Å². The number of esters is 1. The second-order valence-corrected chi connectivity index (χ2v) is 8.25. The number of rotatable bonds is 6. The Labute approximate surface area is 219 Å². The van der Waals surface area contributed by atoms with Crippen LogP contribution in [-0.2, 0) is 20.8 Å². The maximum Gasteiger partial charge on any atom is 0.333 e. The summed E-state index contributed by atoms with van der Waals surface area (Å²) < 4.78 is 10.3. The van der Waals surface area contributed by atoms with Crippen LogP contribution in [0.2, 0.25) is 0 Å². The third-order valence-corrected chi connectivity index (χ3v) is 5.81. The van der Waals surface area contributed by atoms with Crippen LogP contribution in [-0.4, -0.2) is 50.2 Å². The molecule has 0 bridgehead atoms. The van der Waals surface area contributed by atoms with E-state index in [1.54, 1.807) is 36.4 Å². The number of benzene rings is 3. The monoisotopic (exact) mass is 498 g/mol. The highest BCUT2D eigenvalue weighted by atomic mass is 16.5. The molecule has 37 heavy (non-hydrogen) atoms. The fourth-order valence-electron chi connectivity index (χ4n) is 3.82. The fourth-order valence-corrected chi connectivity index (χ4v) is 3.82. The first-order chi connectivity index (χ1) is 18.1. The van der Waals surface area contributed by atoms with Gasteiger partial charge in [0, 0.05) is 36.3 Å². The standard InChI is InChI=1S/C29H28N2O4.C2H6/c1-34-29(33)27(25-5-3-2-4-6-25)30-28(32)26-15-13-23(14-16-26)8-7-22-9-11-24(12-10-22)21-31-17-19-35-20-18-31;1-2/h2-6,9-16,27H,17-21H2,1H3,(H,30,32);1-2H3. The van der Waals surface area contributed by atoms with Crippen molar-refractivity contribution in [1.29, 1.82) is 0 Å². The number of hydrogen-bond acceptors (Lipinski definition) is 5. The summed E-state index contributed by atoms with van der Waals surface area (Å²) >= 11 is 0. The number of carbonyl (C=O) groups excluding carboxylic acids is 2. The number of methoxy groups -OCH3 is 1. The molecule has 0 aromatic heterocycles. The Morgan fingerprint density at radius 1 is 0.892 bits per heavy atom. The highest BCUT2D eigenvalue weighted by molar-refractivity contribution is 5.97. The topological polar surface area (TPSA) is 67.9 Å². The Morgan fingerprint density at radius 3 is 2.03 bits per heavy atom. The van der Waals surface area contributed by atoms with E-state index in [1.807, 2.05) is 44.2 Å². The van der Waals surface area contributed by atoms with Crippen molar-refractivity contribution in [1.82, 2.24) is 10.2 Å². The predicted octanol–water partition coefficient (Wildman–Crippen LogP) is 4.59. The summed E-state index contributed by atoms with van der Waals surface area (Å²) in [6, 6.07) is 23.4. The van der Waals surface area contributed by atoms with Crippen molar-refractivity contribution in [3.63, 3.8) is 0 Å². The molecule has 0 spiro atoms. The van der Waals surface area contributed by atoms with Crippen LogP contribution in [0.4, 0.5) is 0 Å². The highest BCUT2D eigenvalue weighted by Crippen LogP contribution is 2.16. The van der Waals surface area contributed by atoms with Gasteiger partial charge in [0.15, 0.2) is 6.04 Å². The van der Waals surface area contributed by atoms with E-state index in [2.05, 4.69) is 34.2 Å². The van der Waals surface area contributed by atoms with Crippen molar-refractivity contribution in [3.05, 3.63) is 107 Å². The fraction of sp³-hybridized carbons (Fsp3) is 0.290. The van der Waals surface area contributed by atoms with E-state index in [4.69, 9.17) is 9.47 Å². The molecular formula is C31H34N2O4. The van der Waals surface area contributed by atoms with Crippen molar-refractivity contribution in [2.45, 2.75) is 26.4 Å². The van der Waals surface area contributed by atoms with Crippen LogP contribution in [0.3, 0.4) is 0 Å². The van der Waals surface area contributed by atoms with Gasteiger partial charge in [0.25, 0.3) is 5.91 Å². The maximum atomic E-state index is 12.7. The summed E-state index contributed by atoms with van der Waals surface area (Å²) in [4.78, 5) is 27.3. The summed E-state index contributed by atoms with van der Waals surface area (Å²) in [5.41, 5.74) is 4.08. The molecular weight excluding hydrogens is 464 g/mol. The predicted molar refractivity (Wildman–Crippen MR) is 145 cm³/mol. The first-order valence-corrected chi connectivity index (χ1v) is 12.6. The first-order valence-electron chi connectivity index (χ1n) is 12.6. The van der Waals surface area contributed by atoms with E-state index < -0.39 is 12.0 Å². The van der Waals surface area contributed by atoms with Gasteiger partial charge in [-0.25, -0.2) is 4.79 Å². The molecule has 3 aromatic carbocycles. The number of morpholine rings is 1. The number of ether oxygens (including phenoxy) is 2. The lowest BCUT2D eigenvalue weighted by Crippen LogP contribution is -2.35. The van der Waals surface area contributed by atoms with Crippen molar-refractivity contribution in [2.24, 2.45) is 0 Å². The van der Waals surface area contributed by atoms with Gasteiger partial charge in [-0.1, -0.05) is 68.2 Å². The Balaban J connectivity index is 0.00000186. The summed E-state index contributed by atoms with van der Waals surface area (Å²) in [7, 11) is 1.30. The van der Waals surface area contributed by atoms with Gasteiger partial charge in [0.1, 0.15) is 0 Å². The van der Waals surface area contributed by atoms with Crippen LogP contribution in [0.15, 0.2) is 78.9 Å². The normalized spacial score (nSPS) is 13.7. The minimum absolute atomic E-state index is 0.361. The average Bonchev–Trinajstić information content (AvgIpc) is 2.97. The van der Waals surface area contributed by atoms with E-state index in [9.17, 15) is 9.59 Å². The minimum Gasteiger partial charge on any atom is -0.467 e. The van der Waals surface area contributed by atoms with Gasteiger partial charge in [-0.2, -0.15) is 0 Å². The smallest absolute Gasteiger partial charge is 0.333 e. The molecule has 1 fully saturated rings. The van der Waals surface area contributed by atoms with Gasteiger partial charge >= 0.3 is 5.97 Å². The van der Waals surface area contributed by atoms with E-state index in [-0.39, 0.29) is 5.91 Å². The number of nitrogens with zero attached hydrogens (tertiary/aromatic N) is 1. The van der Waals surface area contributed by atoms with E-state index >= 15 is 0 Å². The van der Waals surface area contributed by atoms with Gasteiger partial charge in [0.2, 0.25) is 0 Å². The molecule has 3 aromatic rings. The second-order valence-electron chi connectivity index (χ2n) is 8.25. The Hall–Kier alpha value is -3.92. The van der Waals surface area contributed by atoms with Crippen LogP contribution in [0.5, 0.6) is 0 Å². The molecule has 1 saturated heterocycles. The van der Waals surface area contributed by atoms with Crippen LogP contribution in [0, 0.1) is 11.8 Å². The number of carbonyl (C=O) groups is 2. The first kappa shape index (κ1) is 27.7. The van der Waals surface area contributed by atoms with E-state index in [0.717, 1.165) is 44.0 Å². The summed E-state index contributed by atoms with van der Waals surface area (Å²) in [6.07, 6.45) is 0. The quantitative estimate of drug-likeness (QED) is 0.398. The SMILES string of the molecule is CC.COC(=O)C(NC(=O)c1ccc(C#Cc2ccc(CN3CCOCC3)cc2)cc1)c1ccccc1. The second kappa shape index (κ2) is 14.6. The zero-order chi connectivity index (χ0) is 26.5. The van der Waals surface area contributed by atoms with Crippen molar-refractivity contribution >= 4 is 11.9 Å². The Morgan fingerprint density at radius 2 is 1.46 bits per heavy atom. The summed E-state index contributed by atoms with van der Waals surface area (Å²) in [6.45, 7) is 8.43. The zero-order valence-electron chi connectivity index (χ0n) is 21.7. The molecule has 1 N–H and O–H groups in total. The molecule has 6 nitrogen and oxygen atoms in total. The molecule has 0 aliphatic carbocycles. The van der Waals surface area contributed by atoms with Gasteiger partial charge < -0.3 is 14.8 Å². The Kier molecular flexibility index (Phi) is 10.9.